The zero-order valence-corrected chi connectivity index (χ0v) is 61.0. The van der Waals surface area contributed by atoms with Crippen LogP contribution in [0.2, 0.25) is 0 Å². The van der Waals surface area contributed by atoms with Gasteiger partial charge in [0.1, 0.15) is 98.7 Å². The lowest BCUT2D eigenvalue weighted by Gasteiger charge is -2.49. The number of carbonyl (C=O) groups is 3. The van der Waals surface area contributed by atoms with E-state index in [4.69, 9.17) is 42.2 Å². The number of rotatable bonds is 60. The van der Waals surface area contributed by atoms with Crippen molar-refractivity contribution < 1.29 is 117 Å². The zero-order chi connectivity index (χ0) is 71.8. The number of esters is 3. The minimum absolute atomic E-state index is 0.0281. The van der Waals surface area contributed by atoms with Gasteiger partial charge in [-0.25, -0.2) is 4.57 Å². The van der Waals surface area contributed by atoms with Crippen LogP contribution in [-0.4, -0.2) is 204 Å². The molecule has 576 valence electrons. The quantitative estimate of drug-likeness (QED) is 0.00886. The molecular weight excluding hydrogens is 1290 g/mol. The Kier molecular flexibility index (Phi) is 50.7. The van der Waals surface area contributed by atoms with E-state index in [1.807, 2.05) is 0 Å². The predicted octanol–water partition coefficient (Wildman–Crippen LogP) is 10.7. The van der Waals surface area contributed by atoms with Crippen molar-refractivity contribution in [3.8, 4) is 0 Å². The number of unbranched alkanes of at least 4 members (excludes halogenated alkanes) is 37. The van der Waals surface area contributed by atoms with Gasteiger partial charge in [0.2, 0.25) is 0 Å². The minimum Gasteiger partial charge on any atom is -0.463 e. The first-order chi connectivity index (χ1) is 47.3. The number of phosphoric ester groups is 1. The maximum atomic E-state index is 14.3. The third kappa shape index (κ3) is 37.9. The molecule has 24 nitrogen and oxygen atoms in total. The van der Waals surface area contributed by atoms with Gasteiger partial charge in [0.25, 0.3) is 0 Å². The van der Waals surface area contributed by atoms with Crippen molar-refractivity contribution in [1.29, 1.82) is 0 Å². The lowest BCUT2D eigenvalue weighted by molar-refractivity contribution is -0.360. The summed E-state index contributed by atoms with van der Waals surface area (Å²) < 4.78 is 65.0. The Bertz CT molecular complexity index is 2080. The lowest BCUT2D eigenvalue weighted by atomic mass is 9.84. The number of phosphoric acid groups is 1. The van der Waals surface area contributed by atoms with Crippen molar-refractivity contribution >= 4 is 25.7 Å². The van der Waals surface area contributed by atoms with Crippen molar-refractivity contribution in [3.63, 3.8) is 0 Å². The summed E-state index contributed by atoms with van der Waals surface area (Å²) in [5.74, 6) is -2.00. The average Bonchev–Trinajstić information content (AvgIpc) is 0.763. The number of allylic oxidation sites excluding steroid dienone is 2. The monoisotopic (exact) mass is 1430 g/mol. The van der Waals surface area contributed by atoms with Gasteiger partial charge in [-0.3, -0.25) is 23.4 Å². The fraction of sp³-hybridized carbons (Fsp3) is 0.932. The Morgan fingerprint density at radius 3 is 1.11 bits per heavy atom. The molecule has 18 atom stereocenters. The SMILES string of the molecule is CCCCCCCCC/C=C\CCCCCC(=O)OCC(COP(=O)(O)OC1C(OC2OC(CO)C(O)C(O)C2O)C(O)C(O)C(O)C1OC1OC(COC(=O)CCCCCCCCCCCCCCC)C(O)C(O)C1O)OC(=O)CCCCCCCCCCCCCCCCCC. The Morgan fingerprint density at radius 2 is 0.714 bits per heavy atom. The normalized spacial score (nSPS) is 27.7. The van der Waals surface area contributed by atoms with E-state index in [0.29, 0.717) is 19.3 Å². The van der Waals surface area contributed by atoms with Crippen LogP contribution >= 0.6 is 7.82 Å². The van der Waals surface area contributed by atoms with Gasteiger partial charge in [-0.05, 0) is 44.9 Å². The molecule has 25 heteroatoms. The van der Waals surface area contributed by atoms with Crippen molar-refractivity contribution in [1.82, 2.24) is 0 Å². The molecule has 0 aromatic carbocycles. The molecule has 2 heterocycles. The summed E-state index contributed by atoms with van der Waals surface area (Å²) in [4.78, 5) is 51.0. The van der Waals surface area contributed by atoms with Crippen LogP contribution < -0.4 is 0 Å². The summed E-state index contributed by atoms with van der Waals surface area (Å²) >= 11 is 0. The van der Waals surface area contributed by atoms with E-state index in [9.17, 15) is 74.9 Å². The molecule has 3 fully saturated rings. The molecule has 0 aromatic heterocycles. The molecular formula is C73H135O24P. The molecule has 0 radical (unpaired) electrons. The van der Waals surface area contributed by atoms with Gasteiger partial charge >= 0.3 is 25.7 Å². The van der Waals surface area contributed by atoms with Gasteiger partial charge in [0, 0.05) is 19.3 Å². The van der Waals surface area contributed by atoms with Gasteiger partial charge < -0.3 is 89.1 Å². The first kappa shape index (κ1) is 89.9. The van der Waals surface area contributed by atoms with Crippen LogP contribution in [0.1, 0.15) is 303 Å². The van der Waals surface area contributed by atoms with E-state index in [2.05, 4.69) is 32.9 Å². The standard InChI is InChI=1S/C73H135O24P/c1-4-7-10-13-16-19-22-25-27-28-31-34-37-40-43-46-49-59(77)92-54(51-89-57(75)47-44-41-38-35-33-30-26-23-20-17-14-11-8-5-2)52-91-98(87,88)97-71-69(95-72-67(85)62(80)60(78)55(50-74)93-72)65(83)64(82)66(84)70(71)96-73-68(86)63(81)61(79)56(94-73)53-90-58(76)48-45-42-39-36-32-29-24-21-18-15-12-9-6-3/h30,33,54-56,60-74,78-86H,4-29,31-32,34-53H2,1-3H3,(H,87,88)/b33-30-. The van der Waals surface area contributed by atoms with Crippen LogP contribution in [0.25, 0.3) is 0 Å². The van der Waals surface area contributed by atoms with Gasteiger partial charge in [-0.1, -0.05) is 251 Å². The van der Waals surface area contributed by atoms with Crippen molar-refractivity contribution in [2.75, 3.05) is 26.4 Å². The largest absolute Gasteiger partial charge is 0.472 e. The number of aliphatic hydroxyl groups excluding tert-OH is 10. The highest BCUT2D eigenvalue weighted by Gasteiger charge is 2.58. The van der Waals surface area contributed by atoms with E-state index >= 15 is 0 Å². The van der Waals surface area contributed by atoms with Gasteiger partial charge in [0.15, 0.2) is 18.7 Å². The van der Waals surface area contributed by atoms with E-state index in [1.165, 1.54) is 148 Å². The van der Waals surface area contributed by atoms with Crippen LogP contribution in [0.5, 0.6) is 0 Å². The Morgan fingerprint density at radius 1 is 0.388 bits per heavy atom. The molecule has 3 rings (SSSR count). The fourth-order valence-corrected chi connectivity index (χ4v) is 13.7. The van der Waals surface area contributed by atoms with Crippen LogP contribution in [0.3, 0.4) is 0 Å². The maximum Gasteiger partial charge on any atom is 0.472 e. The molecule has 0 bridgehead atoms. The predicted molar refractivity (Wildman–Crippen MR) is 370 cm³/mol. The lowest BCUT2D eigenvalue weighted by Crippen LogP contribution is -2.69. The number of carbonyl (C=O) groups excluding carboxylic acids is 3. The molecule has 2 aliphatic heterocycles. The summed E-state index contributed by atoms with van der Waals surface area (Å²) in [5, 5.41) is 110. The van der Waals surface area contributed by atoms with Gasteiger partial charge in [-0.2, -0.15) is 0 Å². The second-order valence-corrected chi connectivity index (χ2v) is 29.1. The van der Waals surface area contributed by atoms with E-state index in [1.54, 1.807) is 0 Å². The highest BCUT2D eigenvalue weighted by Crippen LogP contribution is 2.49. The van der Waals surface area contributed by atoms with Crippen LogP contribution in [0.15, 0.2) is 12.2 Å². The Balaban J connectivity index is 1.73. The Labute approximate surface area is 586 Å². The van der Waals surface area contributed by atoms with Crippen LogP contribution in [0, 0.1) is 0 Å². The van der Waals surface area contributed by atoms with Crippen molar-refractivity contribution in [2.45, 2.75) is 407 Å². The highest BCUT2D eigenvalue weighted by molar-refractivity contribution is 7.47. The molecule has 1 saturated carbocycles. The number of aliphatic hydroxyl groups is 10. The second kappa shape index (κ2) is 55.2. The molecule has 11 N–H and O–H groups in total. The molecule has 0 aromatic rings. The number of hydrogen-bond acceptors (Lipinski definition) is 23. The summed E-state index contributed by atoms with van der Waals surface area (Å²) in [5.41, 5.74) is 0. The Hall–Kier alpha value is -2.30. The van der Waals surface area contributed by atoms with Gasteiger partial charge in [0.05, 0.1) is 13.2 Å². The summed E-state index contributed by atoms with van der Waals surface area (Å²) in [6.07, 6.45) is 14.2. The molecule has 0 amide bonds. The molecule has 3 aliphatic rings. The number of ether oxygens (including phenoxy) is 7. The summed E-state index contributed by atoms with van der Waals surface area (Å²) in [6.45, 7) is 3.45. The van der Waals surface area contributed by atoms with E-state index in [0.717, 1.165) is 96.3 Å². The maximum absolute atomic E-state index is 14.3. The van der Waals surface area contributed by atoms with Crippen LogP contribution in [-0.2, 0) is 61.2 Å². The minimum atomic E-state index is -5.70. The van der Waals surface area contributed by atoms with Gasteiger partial charge in [-0.15, -0.1) is 0 Å². The molecule has 18 unspecified atom stereocenters. The third-order valence-electron chi connectivity index (χ3n) is 19.0. The first-order valence-corrected chi connectivity index (χ1v) is 40.0. The summed E-state index contributed by atoms with van der Waals surface area (Å²) in [7, 11) is -5.70. The molecule has 0 spiro atoms. The number of hydrogen-bond donors (Lipinski definition) is 11. The third-order valence-corrected chi connectivity index (χ3v) is 20.0. The van der Waals surface area contributed by atoms with Crippen molar-refractivity contribution in [2.24, 2.45) is 0 Å². The highest BCUT2D eigenvalue weighted by atomic mass is 31.2. The first-order valence-electron chi connectivity index (χ1n) is 38.5. The zero-order valence-electron chi connectivity index (χ0n) is 60.1. The summed E-state index contributed by atoms with van der Waals surface area (Å²) in [6, 6.07) is 0. The molecule has 1 aliphatic carbocycles. The van der Waals surface area contributed by atoms with E-state index in [-0.39, 0.29) is 19.3 Å². The van der Waals surface area contributed by atoms with Crippen LogP contribution in [0.4, 0.5) is 0 Å². The molecule has 98 heavy (non-hydrogen) atoms. The average molecular weight is 1430 g/mol. The second-order valence-electron chi connectivity index (χ2n) is 27.7. The van der Waals surface area contributed by atoms with Crippen molar-refractivity contribution in [3.05, 3.63) is 12.2 Å². The smallest absolute Gasteiger partial charge is 0.463 e. The topological polar surface area (TPSA) is 374 Å². The van der Waals surface area contributed by atoms with E-state index < -0.39 is 156 Å². The molecule has 2 saturated heterocycles. The fourth-order valence-electron chi connectivity index (χ4n) is 12.8.